The summed E-state index contributed by atoms with van der Waals surface area (Å²) >= 11 is 0. The number of phenolic OH excluding ortho intramolecular Hbond substituents is 1. The molecular formula is C16H21FO. The lowest BCUT2D eigenvalue weighted by molar-refractivity contribution is 0.475. The molecule has 0 unspecified atom stereocenters. The lowest BCUT2D eigenvalue weighted by atomic mass is 9.92. The van der Waals surface area contributed by atoms with Crippen molar-refractivity contribution in [3.05, 3.63) is 41.2 Å². The molecule has 0 spiro atoms. The van der Waals surface area contributed by atoms with E-state index >= 15 is 0 Å². The average molecular weight is 248 g/mol. The van der Waals surface area contributed by atoms with Crippen LogP contribution in [0.15, 0.2) is 24.3 Å². The van der Waals surface area contributed by atoms with E-state index in [1.54, 1.807) is 25.1 Å². The number of benzene rings is 2. The molecule has 0 fully saturated rings. The fourth-order valence-corrected chi connectivity index (χ4v) is 2.10. The number of halogens is 1. The normalized spacial score (nSPS) is 10.4. The van der Waals surface area contributed by atoms with E-state index in [1.165, 1.54) is 6.07 Å². The smallest absolute Gasteiger partial charge is 0.126 e. The maximum Gasteiger partial charge on any atom is 0.126 e. The number of phenols is 1. The van der Waals surface area contributed by atoms with Crippen LogP contribution in [0.25, 0.3) is 10.8 Å². The molecule has 0 atom stereocenters. The quantitative estimate of drug-likeness (QED) is 0.740. The molecule has 2 aromatic carbocycles. The zero-order chi connectivity index (χ0) is 13.9. The Kier molecular flexibility index (Phi) is 4.71. The molecule has 2 aromatic rings. The summed E-state index contributed by atoms with van der Waals surface area (Å²) in [6, 6.07) is 6.55. The van der Waals surface area contributed by atoms with Crippen LogP contribution in [0.4, 0.5) is 4.39 Å². The predicted octanol–water partition coefficient (Wildman–Crippen LogP) is 5.14. The highest BCUT2D eigenvalue weighted by Gasteiger charge is 2.11. The zero-order valence-corrected chi connectivity index (χ0v) is 11.7. The van der Waals surface area contributed by atoms with Gasteiger partial charge in [0.05, 0.1) is 0 Å². The summed E-state index contributed by atoms with van der Waals surface area (Å²) in [5.74, 6) is 0.303. The molecule has 18 heavy (non-hydrogen) atoms. The van der Waals surface area contributed by atoms with Crippen molar-refractivity contribution in [2.75, 3.05) is 0 Å². The summed E-state index contributed by atoms with van der Waals surface area (Å²) in [5.41, 5.74) is 1.65. The van der Waals surface area contributed by atoms with Crippen LogP contribution < -0.4 is 0 Å². The van der Waals surface area contributed by atoms with Crippen LogP contribution in [0.3, 0.4) is 0 Å². The second kappa shape index (κ2) is 5.85. The SMILES string of the molecule is CC.Cc1c(F)ccc2cc(O)cc(C(C)C)c12. The number of aryl methyl sites for hydroxylation is 1. The Labute approximate surface area is 108 Å². The van der Waals surface area contributed by atoms with Crippen LogP contribution >= 0.6 is 0 Å². The van der Waals surface area contributed by atoms with Gasteiger partial charge in [-0.3, -0.25) is 0 Å². The highest BCUT2D eigenvalue weighted by atomic mass is 19.1. The van der Waals surface area contributed by atoms with Crippen molar-refractivity contribution in [1.29, 1.82) is 0 Å². The number of aromatic hydroxyl groups is 1. The van der Waals surface area contributed by atoms with E-state index in [4.69, 9.17) is 0 Å². The third kappa shape index (κ3) is 2.63. The molecule has 1 N–H and O–H groups in total. The zero-order valence-electron chi connectivity index (χ0n) is 11.7. The Morgan fingerprint density at radius 2 is 1.72 bits per heavy atom. The van der Waals surface area contributed by atoms with Crippen molar-refractivity contribution < 1.29 is 9.50 Å². The van der Waals surface area contributed by atoms with E-state index in [2.05, 4.69) is 0 Å². The van der Waals surface area contributed by atoms with Crippen LogP contribution in [0.2, 0.25) is 0 Å². The first-order chi connectivity index (χ1) is 8.50. The van der Waals surface area contributed by atoms with Gasteiger partial charge in [0.15, 0.2) is 0 Å². The summed E-state index contributed by atoms with van der Waals surface area (Å²) in [7, 11) is 0. The summed E-state index contributed by atoms with van der Waals surface area (Å²) in [4.78, 5) is 0. The van der Waals surface area contributed by atoms with Crippen LogP contribution in [-0.2, 0) is 0 Å². The number of fused-ring (bicyclic) bond motifs is 1. The lowest BCUT2D eigenvalue weighted by Crippen LogP contribution is -1.94. The predicted molar refractivity (Wildman–Crippen MR) is 75.7 cm³/mol. The molecule has 2 rings (SSSR count). The summed E-state index contributed by atoms with van der Waals surface area (Å²) in [6.07, 6.45) is 0. The molecule has 1 nitrogen and oxygen atoms in total. The minimum atomic E-state index is -0.194. The van der Waals surface area contributed by atoms with E-state index in [0.717, 1.165) is 16.3 Å². The van der Waals surface area contributed by atoms with Gasteiger partial charge in [0, 0.05) is 0 Å². The van der Waals surface area contributed by atoms with Gasteiger partial charge in [-0.05, 0) is 52.9 Å². The molecule has 0 aromatic heterocycles. The molecule has 2 heteroatoms. The van der Waals surface area contributed by atoms with Crippen LogP contribution in [-0.4, -0.2) is 5.11 Å². The second-order valence-electron chi connectivity index (χ2n) is 4.46. The van der Waals surface area contributed by atoms with E-state index < -0.39 is 0 Å². The Morgan fingerprint density at radius 3 is 2.28 bits per heavy atom. The topological polar surface area (TPSA) is 20.2 Å². The average Bonchev–Trinajstić information content (AvgIpc) is 2.35. The number of hydrogen-bond donors (Lipinski definition) is 1. The molecule has 0 saturated carbocycles. The highest BCUT2D eigenvalue weighted by molar-refractivity contribution is 5.90. The van der Waals surface area contributed by atoms with Gasteiger partial charge in [-0.25, -0.2) is 4.39 Å². The van der Waals surface area contributed by atoms with Gasteiger partial charge in [-0.15, -0.1) is 0 Å². The maximum atomic E-state index is 13.5. The molecule has 0 aliphatic carbocycles. The third-order valence-electron chi connectivity index (χ3n) is 2.95. The third-order valence-corrected chi connectivity index (χ3v) is 2.95. The Morgan fingerprint density at radius 1 is 1.11 bits per heavy atom. The van der Waals surface area contributed by atoms with Gasteiger partial charge >= 0.3 is 0 Å². The molecule has 0 saturated heterocycles. The molecule has 0 heterocycles. The number of rotatable bonds is 1. The van der Waals surface area contributed by atoms with Crippen molar-refractivity contribution in [3.8, 4) is 5.75 Å². The van der Waals surface area contributed by atoms with Crippen LogP contribution in [0, 0.1) is 12.7 Å². The first-order valence-corrected chi connectivity index (χ1v) is 6.42. The first-order valence-electron chi connectivity index (χ1n) is 6.42. The Hall–Kier alpha value is -1.57. The van der Waals surface area contributed by atoms with Gasteiger partial charge in [-0.1, -0.05) is 33.8 Å². The molecule has 0 amide bonds. The van der Waals surface area contributed by atoms with Crippen molar-refractivity contribution in [3.63, 3.8) is 0 Å². The highest BCUT2D eigenvalue weighted by Crippen LogP contribution is 2.32. The summed E-state index contributed by atoms with van der Waals surface area (Å²) in [6.45, 7) is 9.86. The van der Waals surface area contributed by atoms with Gasteiger partial charge in [0.25, 0.3) is 0 Å². The monoisotopic (exact) mass is 248 g/mol. The minimum absolute atomic E-state index is 0.194. The Bertz CT molecular complexity index is 544. The molecule has 0 aliphatic rings. The van der Waals surface area contributed by atoms with E-state index in [9.17, 15) is 9.50 Å². The van der Waals surface area contributed by atoms with E-state index in [-0.39, 0.29) is 17.5 Å². The van der Waals surface area contributed by atoms with Crippen molar-refractivity contribution in [1.82, 2.24) is 0 Å². The number of hydrogen-bond acceptors (Lipinski definition) is 1. The maximum absolute atomic E-state index is 13.5. The Balaban J connectivity index is 0.000000771. The fourth-order valence-electron chi connectivity index (χ4n) is 2.10. The van der Waals surface area contributed by atoms with Gasteiger partial charge in [0.1, 0.15) is 11.6 Å². The first kappa shape index (κ1) is 14.5. The van der Waals surface area contributed by atoms with Crippen LogP contribution in [0.5, 0.6) is 5.75 Å². The molecule has 0 aliphatic heterocycles. The van der Waals surface area contributed by atoms with Gasteiger partial charge < -0.3 is 5.11 Å². The molecule has 98 valence electrons. The fraction of sp³-hybridized carbons (Fsp3) is 0.375. The molecular weight excluding hydrogens is 227 g/mol. The van der Waals surface area contributed by atoms with Crippen molar-refractivity contribution >= 4 is 10.8 Å². The molecule has 0 radical (unpaired) electrons. The van der Waals surface area contributed by atoms with Crippen molar-refractivity contribution in [2.45, 2.75) is 40.5 Å². The van der Waals surface area contributed by atoms with E-state index in [1.807, 2.05) is 27.7 Å². The van der Waals surface area contributed by atoms with E-state index in [0.29, 0.717) is 5.56 Å². The van der Waals surface area contributed by atoms with Gasteiger partial charge in [0.2, 0.25) is 0 Å². The summed E-state index contributed by atoms with van der Waals surface area (Å²) in [5, 5.41) is 11.4. The largest absolute Gasteiger partial charge is 0.508 e. The summed E-state index contributed by atoms with van der Waals surface area (Å²) < 4.78 is 13.5. The lowest BCUT2D eigenvalue weighted by Gasteiger charge is -2.13. The standard InChI is InChI=1S/C14H15FO.C2H6/c1-8(2)12-7-11(16)6-10-4-5-13(15)9(3)14(10)12;1-2/h4-8,16H,1-3H3;1-2H3. The van der Waals surface area contributed by atoms with Gasteiger partial charge in [-0.2, -0.15) is 0 Å². The van der Waals surface area contributed by atoms with Crippen molar-refractivity contribution in [2.24, 2.45) is 0 Å². The van der Waals surface area contributed by atoms with Crippen LogP contribution in [0.1, 0.15) is 44.7 Å². The second-order valence-corrected chi connectivity index (χ2v) is 4.46. The minimum Gasteiger partial charge on any atom is -0.508 e. The molecule has 0 bridgehead atoms.